The molecule has 1 atom stereocenters. The normalized spacial score (nSPS) is 15.4. The molecule has 16 heteroatoms. The minimum Gasteiger partial charge on any atom is -0.481 e. The first-order valence-electron chi connectivity index (χ1n) is 11.3. The molecule has 1 aromatic carbocycles. The number of anilines is 1. The van der Waals surface area contributed by atoms with Crippen LogP contribution >= 0.6 is 0 Å². The van der Waals surface area contributed by atoms with E-state index in [0.717, 1.165) is 18.2 Å². The van der Waals surface area contributed by atoms with Crippen LogP contribution in [0, 0.1) is 4.91 Å². The molecule has 202 valence electrons. The van der Waals surface area contributed by atoms with E-state index < -0.39 is 24.2 Å². The summed E-state index contributed by atoms with van der Waals surface area (Å²) in [6, 6.07) is 5.89. The maximum atomic E-state index is 12.7. The molecular formula is C22H23F3N6O7+2. The molecule has 1 fully saturated rings. The lowest BCUT2D eigenvalue weighted by Crippen LogP contribution is -2.42. The van der Waals surface area contributed by atoms with Crippen LogP contribution in [-0.4, -0.2) is 71.3 Å². The molecule has 3 aromatic rings. The van der Waals surface area contributed by atoms with Crippen molar-refractivity contribution >= 4 is 28.9 Å². The van der Waals surface area contributed by atoms with E-state index in [0.29, 0.717) is 29.1 Å². The minimum atomic E-state index is -4.95. The number of amides is 1. The number of pyridine rings is 1. The number of halogens is 3. The number of carbonyl (C=O) groups is 2. The van der Waals surface area contributed by atoms with Crippen LogP contribution < -0.4 is 24.1 Å². The van der Waals surface area contributed by atoms with Gasteiger partial charge >= 0.3 is 23.8 Å². The van der Waals surface area contributed by atoms with E-state index in [-0.39, 0.29) is 46.9 Å². The zero-order valence-corrected chi connectivity index (χ0v) is 19.9. The van der Waals surface area contributed by atoms with Gasteiger partial charge in [0.2, 0.25) is 15.9 Å². The summed E-state index contributed by atoms with van der Waals surface area (Å²) in [7, 11) is 1.44. The summed E-state index contributed by atoms with van der Waals surface area (Å²) in [5.41, 5.74) is -0.0534. The van der Waals surface area contributed by atoms with Crippen molar-refractivity contribution in [2.45, 2.75) is 25.3 Å². The van der Waals surface area contributed by atoms with Crippen molar-refractivity contribution in [1.82, 2.24) is 15.0 Å². The topological polar surface area (TPSA) is 153 Å². The highest BCUT2D eigenvalue weighted by Crippen LogP contribution is 2.24. The van der Waals surface area contributed by atoms with Crippen LogP contribution in [0.2, 0.25) is 0 Å². The zero-order chi connectivity index (χ0) is 27.4. The van der Waals surface area contributed by atoms with E-state index in [9.17, 15) is 32.9 Å². The smallest absolute Gasteiger partial charge is 0.481 e. The number of hydrogen-bond donors (Lipinski definition) is 3. The molecule has 1 aliphatic heterocycles. The summed E-state index contributed by atoms with van der Waals surface area (Å²) in [6.07, 6.45) is -3.67. The van der Waals surface area contributed by atoms with Gasteiger partial charge in [-0.3, -0.25) is 14.9 Å². The Kier molecular flexibility index (Phi) is 7.50. The summed E-state index contributed by atoms with van der Waals surface area (Å²) in [5, 5.41) is 15.2. The number of H-pyrrole nitrogens is 1. The highest BCUT2D eigenvalue weighted by Gasteiger charge is 2.33. The zero-order valence-electron chi connectivity index (χ0n) is 19.9. The second kappa shape index (κ2) is 10.8. The van der Waals surface area contributed by atoms with E-state index >= 15 is 0 Å². The van der Waals surface area contributed by atoms with Crippen LogP contribution in [0.5, 0.6) is 11.6 Å². The van der Waals surface area contributed by atoms with Gasteiger partial charge in [-0.2, -0.15) is 0 Å². The standard InChI is InChI=1S/C22H22F3N6O7/c1-36-18-10-13(4-7-26-18)20(33)29-9-6-15(12-29)37-19(32)5-8-27-21-28-31(35)17-11-14(38-22(23,24)25)2-3-16(17)30(21)34/h2-4,7,10-11,15,34H,5-6,8-9,12H2,1H3,(H,27,28,35)/q+1/p+1/t15-/m0/s1. The van der Waals surface area contributed by atoms with Crippen molar-refractivity contribution in [3.63, 3.8) is 0 Å². The van der Waals surface area contributed by atoms with Crippen molar-refractivity contribution in [1.29, 1.82) is 0 Å². The third-order valence-corrected chi connectivity index (χ3v) is 5.59. The van der Waals surface area contributed by atoms with Gasteiger partial charge in [-0.15, -0.1) is 13.2 Å². The molecule has 1 saturated heterocycles. The van der Waals surface area contributed by atoms with Gasteiger partial charge in [0.25, 0.3) is 5.91 Å². The molecule has 3 heterocycles. The number of carbonyl (C=O) groups excluding carboxylic acids is 2. The second-order valence-corrected chi connectivity index (χ2v) is 8.18. The van der Waals surface area contributed by atoms with Crippen molar-refractivity contribution in [3.05, 3.63) is 47.0 Å². The average Bonchev–Trinajstić information content (AvgIpc) is 3.33. The molecule has 0 unspecified atom stereocenters. The molecule has 3 N–H and O–H groups in total. The van der Waals surface area contributed by atoms with Crippen molar-refractivity contribution in [2.75, 3.05) is 32.1 Å². The fourth-order valence-corrected chi connectivity index (χ4v) is 3.85. The third kappa shape index (κ3) is 6.19. The lowest BCUT2D eigenvalue weighted by Gasteiger charge is -2.17. The summed E-state index contributed by atoms with van der Waals surface area (Å²) in [5.74, 6) is -1.37. The molecule has 4 rings (SSSR count). The van der Waals surface area contributed by atoms with Crippen LogP contribution in [-0.2, 0) is 9.53 Å². The molecule has 0 aliphatic carbocycles. The number of fused-ring (bicyclic) bond motifs is 1. The Balaban J connectivity index is 1.30. The number of esters is 1. The van der Waals surface area contributed by atoms with Gasteiger partial charge in [0, 0.05) is 35.9 Å². The second-order valence-electron chi connectivity index (χ2n) is 8.18. The SMILES string of the molecule is COc1cc(C(=O)N2CC[C@H](OC(=O)CCNc3[nH][n+](=O)c4cc(OC(F)(F)F)ccc4[n+]3O)C2)ccn1. The first-order valence-corrected chi connectivity index (χ1v) is 11.3. The Morgan fingerprint density at radius 3 is 2.79 bits per heavy atom. The highest BCUT2D eigenvalue weighted by atomic mass is 19.4. The molecule has 38 heavy (non-hydrogen) atoms. The maximum absolute atomic E-state index is 12.7. The Hall–Kier alpha value is -4.63. The first-order chi connectivity index (χ1) is 18.0. The third-order valence-electron chi connectivity index (χ3n) is 5.59. The number of rotatable bonds is 8. The van der Waals surface area contributed by atoms with Gasteiger partial charge in [-0.05, 0) is 22.9 Å². The average molecular weight is 540 g/mol. The minimum absolute atomic E-state index is 0.0527. The Bertz CT molecular complexity index is 1410. The molecule has 0 saturated carbocycles. The number of benzene rings is 1. The van der Waals surface area contributed by atoms with Gasteiger partial charge in [0.15, 0.2) is 0 Å². The Morgan fingerprint density at radius 2 is 2.05 bits per heavy atom. The molecule has 2 aromatic heterocycles. The molecule has 13 nitrogen and oxygen atoms in total. The number of alkyl halides is 3. The lowest BCUT2D eigenvalue weighted by atomic mass is 10.2. The number of methoxy groups -OCH3 is 1. The van der Waals surface area contributed by atoms with Crippen molar-refractivity contribution in [2.24, 2.45) is 0 Å². The van der Waals surface area contributed by atoms with Crippen LogP contribution in [0.4, 0.5) is 19.1 Å². The number of likely N-dealkylation sites (tertiary alicyclic amines) is 1. The summed E-state index contributed by atoms with van der Waals surface area (Å²) >= 11 is 0. The van der Waals surface area contributed by atoms with Gasteiger partial charge in [-0.25, -0.2) is 4.98 Å². The number of nitrogens with zero attached hydrogens (tertiary/aromatic N) is 4. The monoisotopic (exact) mass is 540 g/mol. The number of aromatic amines is 1. The van der Waals surface area contributed by atoms with Crippen LogP contribution in [0.1, 0.15) is 23.2 Å². The molecular weight excluding hydrogens is 517 g/mol. The highest BCUT2D eigenvalue weighted by molar-refractivity contribution is 5.94. The van der Waals surface area contributed by atoms with E-state index in [2.05, 4.69) is 20.1 Å². The van der Waals surface area contributed by atoms with Crippen LogP contribution in [0.25, 0.3) is 11.0 Å². The molecule has 1 amide bonds. The van der Waals surface area contributed by atoms with Gasteiger partial charge in [0.05, 0.1) is 37.6 Å². The number of hydrogen-bond acceptors (Lipinski definition) is 9. The van der Waals surface area contributed by atoms with Crippen molar-refractivity contribution in [3.8, 4) is 11.6 Å². The van der Waals surface area contributed by atoms with Gasteiger partial charge in [0.1, 0.15) is 11.9 Å². The fraction of sp³-hybridized carbons (Fsp3) is 0.364. The van der Waals surface area contributed by atoms with Crippen molar-refractivity contribution < 1.29 is 51.5 Å². The number of aromatic nitrogens is 4. The van der Waals surface area contributed by atoms with E-state index in [1.54, 1.807) is 11.0 Å². The molecule has 1 aliphatic rings. The first kappa shape index (κ1) is 26.4. The predicted octanol–water partition coefficient (Wildman–Crippen LogP) is 1.17. The van der Waals surface area contributed by atoms with Crippen LogP contribution in [0.3, 0.4) is 0 Å². The summed E-state index contributed by atoms with van der Waals surface area (Å²) in [4.78, 5) is 42.7. The summed E-state index contributed by atoms with van der Waals surface area (Å²) in [6.45, 7) is 0.562. The molecule has 0 radical (unpaired) electrons. The Morgan fingerprint density at radius 1 is 1.26 bits per heavy atom. The van der Waals surface area contributed by atoms with E-state index in [1.807, 2.05) is 0 Å². The molecule has 0 bridgehead atoms. The quantitative estimate of drug-likeness (QED) is 0.217. The number of nitrogens with one attached hydrogen (secondary N) is 2. The molecule has 0 spiro atoms. The lowest BCUT2D eigenvalue weighted by molar-refractivity contribution is -0.881. The van der Waals surface area contributed by atoms with Gasteiger partial charge < -0.3 is 24.3 Å². The summed E-state index contributed by atoms with van der Waals surface area (Å²) < 4.78 is 52.2. The Labute approximate surface area is 211 Å². The van der Waals surface area contributed by atoms with Crippen LogP contribution in [0.15, 0.2) is 36.5 Å². The fourth-order valence-electron chi connectivity index (χ4n) is 3.85. The maximum Gasteiger partial charge on any atom is 0.573 e. The van der Waals surface area contributed by atoms with Gasteiger partial charge in [-0.1, -0.05) is 0 Å². The largest absolute Gasteiger partial charge is 0.573 e. The van der Waals surface area contributed by atoms with E-state index in [4.69, 9.17) is 9.47 Å². The number of ether oxygens (including phenoxy) is 3. The van der Waals surface area contributed by atoms with E-state index in [1.165, 1.54) is 19.4 Å². The predicted molar refractivity (Wildman–Crippen MR) is 120 cm³/mol.